The molecule has 23 heavy (non-hydrogen) atoms. The number of hydrogen-bond acceptors (Lipinski definition) is 5. The summed E-state index contributed by atoms with van der Waals surface area (Å²) in [5, 5.41) is 29.8. The van der Waals surface area contributed by atoms with Crippen LogP contribution in [-0.2, 0) is 0 Å². The number of para-hydroxylation sites is 2. The van der Waals surface area contributed by atoms with Crippen molar-refractivity contribution in [2.75, 3.05) is 5.32 Å². The number of nitrogens with one attached hydrogen (secondary N) is 1. The van der Waals surface area contributed by atoms with E-state index in [9.17, 15) is 0 Å². The van der Waals surface area contributed by atoms with Crippen molar-refractivity contribution < 1.29 is 4.74 Å². The highest BCUT2D eigenvalue weighted by atomic mass is 16.5. The summed E-state index contributed by atoms with van der Waals surface area (Å²) in [6.07, 6.45) is 0. The van der Waals surface area contributed by atoms with Gasteiger partial charge in [-0.2, -0.15) is 15.8 Å². The van der Waals surface area contributed by atoms with E-state index in [2.05, 4.69) is 5.32 Å². The summed E-state index contributed by atoms with van der Waals surface area (Å²) in [7, 11) is 0. The van der Waals surface area contributed by atoms with Crippen LogP contribution in [-0.4, -0.2) is 0 Å². The van der Waals surface area contributed by atoms with Gasteiger partial charge in [0, 0.05) is 0 Å². The predicted molar refractivity (Wildman–Crippen MR) is 85.2 cm³/mol. The van der Waals surface area contributed by atoms with E-state index in [1.165, 1.54) is 0 Å². The Morgan fingerprint density at radius 1 is 0.913 bits per heavy atom. The normalized spacial score (nSPS) is 8.96. The van der Waals surface area contributed by atoms with Crippen molar-refractivity contribution in [2.24, 2.45) is 0 Å². The Morgan fingerprint density at radius 2 is 1.61 bits per heavy atom. The lowest BCUT2D eigenvalue weighted by atomic mass is 10.1. The molecule has 0 heterocycles. The molecule has 2 aromatic rings. The van der Waals surface area contributed by atoms with Crippen LogP contribution in [0.5, 0.6) is 11.5 Å². The average molecular weight is 300 g/mol. The molecule has 0 aromatic heterocycles. The molecule has 0 fully saturated rings. The molecule has 5 nitrogen and oxygen atoms in total. The Morgan fingerprint density at radius 3 is 2.22 bits per heavy atom. The van der Waals surface area contributed by atoms with Crippen LogP contribution in [0.1, 0.15) is 5.56 Å². The third-order valence-electron chi connectivity index (χ3n) is 3.02. The van der Waals surface area contributed by atoms with Crippen molar-refractivity contribution in [3.8, 4) is 29.7 Å². The molecule has 0 aliphatic carbocycles. The van der Waals surface area contributed by atoms with Gasteiger partial charge in [0.2, 0.25) is 0 Å². The summed E-state index contributed by atoms with van der Waals surface area (Å²) in [5.74, 6) is 1.18. The van der Waals surface area contributed by atoms with Crippen LogP contribution >= 0.6 is 0 Å². The molecule has 0 saturated carbocycles. The number of anilines is 1. The molecule has 110 valence electrons. The first-order chi connectivity index (χ1) is 11.2. The predicted octanol–water partition coefficient (Wildman–Crippen LogP) is 4.02. The monoisotopic (exact) mass is 300 g/mol. The number of hydrogen-bond donors (Lipinski definition) is 1. The largest absolute Gasteiger partial charge is 0.455 e. The van der Waals surface area contributed by atoms with Crippen molar-refractivity contribution in [1.82, 2.24) is 0 Å². The molecular formula is C18H12N4O. The highest BCUT2D eigenvalue weighted by molar-refractivity contribution is 5.67. The zero-order valence-electron chi connectivity index (χ0n) is 12.4. The lowest BCUT2D eigenvalue weighted by Gasteiger charge is -2.14. The summed E-state index contributed by atoms with van der Waals surface area (Å²) in [4.78, 5) is 0. The Hall–Kier alpha value is -3.75. The van der Waals surface area contributed by atoms with E-state index >= 15 is 0 Å². The second-order valence-corrected chi connectivity index (χ2v) is 4.58. The van der Waals surface area contributed by atoms with Crippen molar-refractivity contribution >= 4 is 5.69 Å². The third-order valence-corrected chi connectivity index (χ3v) is 3.02. The molecule has 0 atom stereocenters. The van der Waals surface area contributed by atoms with E-state index in [0.29, 0.717) is 17.2 Å². The Balaban J connectivity index is 2.43. The molecule has 0 aliphatic rings. The van der Waals surface area contributed by atoms with Crippen LogP contribution in [0.3, 0.4) is 0 Å². The van der Waals surface area contributed by atoms with Gasteiger partial charge < -0.3 is 10.1 Å². The van der Waals surface area contributed by atoms with Gasteiger partial charge in [-0.05, 0) is 30.7 Å². The Labute approximate surface area is 134 Å². The second-order valence-electron chi connectivity index (χ2n) is 4.58. The number of rotatable bonds is 4. The molecule has 0 amide bonds. The summed E-state index contributed by atoms with van der Waals surface area (Å²) in [6.45, 7) is 1.87. The molecule has 0 spiro atoms. The van der Waals surface area contributed by atoms with E-state index in [0.717, 1.165) is 5.56 Å². The van der Waals surface area contributed by atoms with E-state index in [1.54, 1.807) is 24.3 Å². The molecule has 2 rings (SSSR count). The maximum atomic E-state index is 9.16. The van der Waals surface area contributed by atoms with Crippen molar-refractivity contribution in [3.05, 3.63) is 65.4 Å². The van der Waals surface area contributed by atoms with Gasteiger partial charge in [0.25, 0.3) is 0 Å². The van der Waals surface area contributed by atoms with Gasteiger partial charge in [-0.3, -0.25) is 0 Å². The molecule has 0 saturated heterocycles. The number of ether oxygens (including phenoxy) is 1. The minimum absolute atomic E-state index is 0.112. The lowest BCUT2D eigenvalue weighted by molar-refractivity contribution is 0.481. The van der Waals surface area contributed by atoms with Gasteiger partial charge >= 0.3 is 0 Å². The number of allylic oxidation sites excluding steroid dienone is 2. The van der Waals surface area contributed by atoms with Crippen LogP contribution in [0.4, 0.5) is 5.69 Å². The number of nitriles is 3. The van der Waals surface area contributed by atoms with Gasteiger partial charge in [-0.1, -0.05) is 30.3 Å². The SMILES string of the molecule is Cc1cccc(NC(C#N)=C(C#N)C#N)c1Oc1ccccc1. The second kappa shape index (κ2) is 7.31. The van der Waals surface area contributed by atoms with Crippen molar-refractivity contribution in [1.29, 1.82) is 15.8 Å². The van der Waals surface area contributed by atoms with Gasteiger partial charge in [0.05, 0.1) is 5.69 Å². The maximum absolute atomic E-state index is 9.16. The van der Waals surface area contributed by atoms with Gasteiger partial charge in [0.15, 0.2) is 11.3 Å². The topological polar surface area (TPSA) is 92.6 Å². The smallest absolute Gasteiger partial charge is 0.163 e. The van der Waals surface area contributed by atoms with Crippen molar-refractivity contribution in [2.45, 2.75) is 6.92 Å². The van der Waals surface area contributed by atoms with Crippen LogP contribution in [0.15, 0.2) is 59.8 Å². The number of nitrogens with zero attached hydrogens (tertiary/aromatic N) is 3. The first kappa shape index (κ1) is 15.6. The third kappa shape index (κ3) is 3.67. The minimum atomic E-state index is -0.278. The minimum Gasteiger partial charge on any atom is -0.455 e. The molecule has 1 N–H and O–H groups in total. The quantitative estimate of drug-likeness (QED) is 0.861. The lowest BCUT2D eigenvalue weighted by Crippen LogP contribution is -2.03. The highest BCUT2D eigenvalue weighted by Crippen LogP contribution is 2.33. The molecule has 0 bridgehead atoms. The fourth-order valence-corrected chi connectivity index (χ4v) is 1.91. The number of benzene rings is 2. The van der Waals surface area contributed by atoms with Crippen molar-refractivity contribution in [3.63, 3.8) is 0 Å². The Bertz CT molecular complexity index is 849. The van der Waals surface area contributed by atoms with Crippen LogP contribution < -0.4 is 10.1 Å². The van der Waals surface area contributed by atoms with Crippen LogP contribution in [0.25, 0.3) is 0 Å². The molecule has 0 radical (unpaired) electrons. The highest BCUT2D eigenvalue weighted by Gasteiger charge is 2.12. The Kier molecular flexibility index (Phi) is 4.97. The van der Waals surface area contributed by atoms with E-state index in [4.69, 9.17) is 20.5 Å². The summed E-state index contributed by atoms with van der Waals surface area (Å²) in [5.41, 5.74) is 0.971. The van der Waals surface area contributed by atoms with Crippen LogP contribution in [0.2, 0.25) is 0 Å². The standard InChI is InChI=1S/C18H12N4O/c1-13-6-5-9-16(22-17(12-21)14(10-19)11-20)18(13)23-15-7-3-2-4-8-15/h2-9,22H,1H3. The molecule has 0 unspecified atom stereocenters. The number of aryl methyl sites for hydroxylation is 1. The summed E-state index contributed by atoms with van der Waals surface area (Å²) in [6, 6.07) is 19.8. The van der Waals surface area contributed by atoms with E-state index in [-0.39, 0.29) is 11.3 Å². The summed E-state index contributed by atoms with van der Waals surface area (Å²) >= 11 is 0. The fraction of sp³-hybridized carbons (Fsp3) is 0.0556. The van der Waals surface area contributed by atoms with E-state index in [1.807, 2.05) is 49.4 Å². The average Bonchev–Trinajstić information content (AvgIpc) is 2.58. The zero-order chi connectivity index (χ0) is 16.7. The van der Waals surface area contributed by atoms with E-state index < -0.39 is 0 Å². The zero-order valence-corrected chi connectivity index (χ0v) is 12.4. The van der Waals surface area contributed by atoms with Gasteiger partial charge in [-0.15, -0.1) is 0 Å². The molecule has 0 aliphatic heterocycles. The summed E-state index contributed by atoms with van der Waals surface area (Å²) < 4.78 is 5.87. The van der Waals surface area contributed by atoms with Gasteiger partial charge in [-0.25, -0.2) is 0 Å². The first-order valence-electron chi connectivity index (χ1n) is 6.73. The first-order valence-corrected chi connectivity index (χ1v) is 6.73. The van der Waals surface area contributed by atoms with Crippen LogP contribution in [0, 0.1) is 40.9 Å². The fourth-order valence-electron chi connectivity index (χ4n) is 1.91. The van der Waals surface area contributed by atoms with Gasteiger partial charge in [0.1, 0.15) is 29.7 Å². The molecular weight excluding hydrogens is 288 g/mol. The molecule has 2 aromatic carbocycles. The molecule has 5 heteroatoms. The maximum Gasteiger partial charge on any atom is 0.163 e.